The Balaban J connectivity index is 1.63. The van der Waals surface area contributed by atoms with E-state index >= 15 is 0 Å². The molecule has 0 radical (unpaired) electrons. The first-order chi connectivity index (χ1) is 10.2. The van der Waals surface area contributed by atoms with Crippen molar-refractivity contribution >= 4 is 39.1 Å². The van der Waals surface area contributed by atoms with Gasteiger partial charge in [-0.1, -0.05) is 11.6 Å². The second-order valence-electron chi connectivity index (χ2n) is 5.03. The highest BCUT2D eigenvalue weighted by molar-refractivity contribution is 7.18. The minimum atomic E-state index is -0.404. The molecule has 0 saturated carbocycles. The van der Waals surface area contributed by atoms with E-state index in [-0.39, 0.29) is 5.91 Å². The van der Waals surface area contributed by atoms with E-state index in [1.807, 2.05) is 18.2 Å². The first-order valence-electron chi connectivity index (χ1n) is 6.81. The van der Waals surface area contributed by atoms with Crippen molar-refractivity contribution in [3.63, 3.8) is 0 Å². The number of amides is 1. The van der Waals surface area contributed by atoms with Gasteiger partial charge in [-0.05, 0) is 18.2 Å². The molecule has 1 aliphatic heterocycles. The number of nitrogens with zero attached hydrogens (tertiary/aromatic N) is 3. The maximum absolute atomic E-state index is 11.4. The molecular formula is C14H16ClN3O2S. The van der Waals surface area contributed by atoms with Crippen LogP contribution in [0.15, 0.2) is 18.2 Å². The van der Waals surface area contributed by atoms with Crippen LogP contribution in [-0.2, 0) is 11.3 Å². The van der Waals surface area contributed by atoms with E-state index < -0.39 is 6.61 Å². The van der Waals surface area contributed by atoms with Gasteiger partial charge in [0.1, 0.15) is 11.6 Å². The summed E-state index contributed by atoms with van der Waals surface area (Å²) in [6, 6.07) is 5.76. The van der Waals surface area contributed by atoms with Crippen LogP contribution in [0.2, 0.25) is 5.02 Å². The number of benzene rings is 1. The molecule has 7 heteroatoms. The van der Waals surface area contributed by atoms with Crippen LogP contribution in [0, 0.1) is 0 Å². The summed E-state index contributed by atoms with van der Waals surface area (Å²) in [5.74, 6) is -0.190. The molecule has 0 spiro atoms. The summed E-state index contributed by atoms with van der Waals surface area (Å²) in [5.41, 5.74) is 0.941. The number of hydrogen-bond acceptors (Lipinski definition) is 5. The predicted molar refractivity (Wildman–Crippen MR) is 83.6 cm³/mol. The second kappa shape index (κ2) is 6.27. The maximum Gasteiger partial charge on any atom is 0.248 e. The van der Waals surface area contributed by atoms with Crippen LogP contribution in [-0.4, -0.2) is 58.6 Å². The van der Waals surface area contributed by atoms with Crippen LogP contribution in [0.1, 0.15) is 5.01 Å². The molecule has 1 amide bonds. The molecule has 1 aromatic carbocycles. The molecule has 1 aliphatic rings. The van der Waals surface area contributed by atoms with Crippen LogP contribution in [0.5, 0.6) is 0 Å². The van der Waals surface area contributed by atoms with E-state index in [0.29, 0.717) is 18.1 Å². The van der Waals surface area contributed by atoms with Crippen molar-refractivity contribution in [3.05, 3.63) is 28.2 Å². The maximum atomic E-state index is 11.4. The number of halogens is 1. The van der Waals surface area contributed by atoms with Gasteiger partial charge in [0.15, 0.2) is 0 Å². The van der Waals surface area contributed by atoms with Gasteiger partial charge in [0.2, 0.25) is 5.91 Å². The lowest BCUT2D eigenvalue weighted by Crippen LogP contribution is -2.49. The van der Waals surface area contributed by atoms with E-state index in [0.717, 1.165) is 34.9 Å². The number of fused-ring (bicyclic) bond motifs is 1. The quantitative estimate of drug-likeness (QED) is 0.931. The minimum absolute atomic E-state index is 0.190. The van der Waals surface area contributed by atoms with Gasteiger partial charge in [-0.15, -0.1) is 11.3 Å². The summed E-state index contributed by atoms with van der Waals surface area (Å²) in [6.45, 7) is 3.33. The van der Waals surface area contributed by atoms with Crippen LogP contribution < -0.4 is 0 Å². The highest BCUT2D eigenvalue weighted by Crippen LogP contribution is 2.25. The molecule has 1 aromatic heterocycles. The summed E-state index contributed by atoms with van der Waals surface area (Å²) < 4.78 is 1.14. The summed E-state index contributed by atoms with van der Waals surface area (Å²) in [6.07, 6.45) is 0. The Hall–Kier alpha value is -1.21. The van der Waals surface area contributed by atoms with Gasteiger partial charge in [0, 0.05) is 31.2 Å². The lowest BCUT2D eigenvalue weighted by atomic mass is 10.3. The number of hydrogen-bond donors (Lipinski definition) is 1. The van der Waals surface area contributed by atoms with Gasteiger partial charge in [-0.25, -0.2) is 4.98 Å². The molecule has 0 atom stereocenters. The summed E-state index contributed by atoms with van der Waals surface area (Å²) in [5, 5.41) is 10.6. The van der Waals surface area contributed by atoms with Crippen molar-refractivity contribution in [2.45, 2.75) is 6.54 Å². The molecule has 0 unspecified atom stereocenters. The van der Waals surface area contributed by atoms with Crippen LogP contribution >= 0.6 is 22.9 Å². The average molecular weight is 326 g/mol. The fraction of sp³-hybridized carbons (Fsp3) is 0.429. The molecule has 0 aliphatic carbocycles. The Morgan fingerprint density at radius 2 is 2.10 bits per heavy atom. The number of aliphatic hydroxyl groups is 1. The topological polar surface area (TPSA) is 56.7 Å². The number of carbonyl (C=O) groups is 1. The third-order valence-electron chi connectivity index (χ3n) is 3.61. The molecule has 3 rings (SSSR count). The number of aliphatic hydroxyl groups excluding tert-OH is 1. The zero-order chi connectivity index (χ0) is 14.8. The van der Waals surface area contributed by atoms with Crippen LogP contribution in [0.3, 0.4) is 0 Å². The normalized spacial score (nSPS) is 16.6. The van der Waals surface area contributed by atoms with Gasteiger partial charge in [-0.2, -0.15) is 0 Å². The van der Waals surface area contributed by atoms with Gasteiger partial charge in [0.05, 0.1) is 16.8 Å². The van der Waals surface area contributed by atoms with E-state index in [2.05, 4.69) is 9.88 Å². The molecule has 1 saturated heterocycles. The first kappa shape index (κ1) is 14.7. The van der Waals surface area contributed by atoms with E-state index in [9.17, 15) is 4.79 Å². The molecule has 2 aromatic rings. The second-order valence-corrected chi connectivity index (χ2v) is 6.59. The van der Waals surface area contributed by atoms with E-state index in [1.165, 1.54) is 0 Å². The molecular weight excluding hydrogens is 310 g/mol. The fourth-order valence-electron chi connectivity index (χ4n) is 2.46. The Morgan fingerprint density at radius 3 is 2.81 bits per heavy atom. The zero-order valence-corrected chi connectivity index (χ0v) is 13.0. The van der Waals surface area contributed by atoms with Crippen molar-refractivity contribution in [3.8, 4) is 0 Å². The number of thiazole rings is 1. The summed E-state index contributed by atoms with van der Waals surface area (Å²) in [4.78, 5) is 20.0. The molecule has 2 heterocycles. The summed E-state index contributed by atoms with van der Waals surface area (Å²) >= 11 is 7.65. The summed E-state index contributed by atoms with van der Waals surface area (Å²) in [7, 11) is 0. The number of rotatable bonds is 3. The molecule has 5 nitrogen and oxygen atoms in total. The fourth-order valence-corrected chi connectivity index (χ4v) is 3.62. The van der Waals surface area contributed by atoms with Gasteiger partial charge >= 0.3 is 0 Å². The highest BCUT2D eigenvalue weighted by Gasteiger charge is 2.21. The SMILES string of the molecule is O=C(CO)N1CCN(Cc2nc3cc(Cl)ccc3s2)CC1. The van der Waals surface area contributed by atoms with Crippen molar-refractivity contribution in [2.75, 3.05) is 32.8 Å². The highest BCUT2D eigenvalue weighted by atomic mass is 35.5. The standard InChI is InChI=1S/C14H16ClN3O2S/c15-10-1-2-12-11(7-10)16-13(21-12)8-17-3-5-18(6-4-17)14(20)9-19/h1-2,7,19H,3-6,8-9H2. The average Bonchev–Trinajstić information content (AvgIpc) is 2.88. The molecule has 1 fully saturated rings. The largest absolute Gasteiger partial charge is 0.387 e. The Kier molecular flexibility index (Phi) is 4.40. The lowest BCUT2D eigenvalue weighted by molar-refractivity contribution is -0.135. The molecule has 1 N–H and O–H groups in total. The zero-order valence-electron chi connectivity index (χ0n) is 11.5. The van der Waals surface area contributed by atoms with Crippen molar-refractivity contribution in [1.82, 2.24) is 14.8 Å². The van der Waals surface area contributed by atoms with Gasteiger partial charge < -0.3 is 10.0 Å². The number of aromatic nitrogens is 1. The van der Waals surface area contributed by atoms with Crippen molar-refractivity contribution in [2.24, 2.45) is 0 Å². The third kappa shape index (κ3) is 3.35. The molecule has 0 bridgehead atoms. The number of piperazine rings is 1. The Bertz CT molecular complexity index is 653. The van der Waals surface area contributed by atoms with Crippen molar-refractivity contribution in [1.29, 1.82) is 0 Å². The van der Waals surface area contributed by atoms with E-state index in [4.69, 9.17) is 16.7 Å². The van der Waals surface area contributed by atoms with E-state index in [1.54, 1.807) is 16.2 Å². The van der Waals surface area contributed by atoms with Crippen molar-refractivity contribution < 1.29 is 9.90 Å². The van der Waals surface area contributed by atoms with Gasteiger partial charge in [0.25, 0.3) is 0 Å². The smallest absolute Gasteiger partial charge is 0.248 e. The first-order valence-corrected chi connectivity index (χ1v) is 8.01. The molecule has 21 heavy (non-hydrogen) atoms. The monoisotopic (exact) mass is 325 g/mol. The van der Waals surface area contributed by atoms with Gasteiger partial charge in [-0.3, -0.25) is 9.69 Å². The molecule has 112 valence electrons. The third-order valence-corrected chi connectivity index (χ3v) is 4.87. The number of carbonyl (C=O) groups excluding carboxylic acids is 1. The van der Waals surface area contributed by atoms with Crippen LogP contribution in [0.25, 0.3) is 10.2 Å². The Labute approximate surface area is 131 Å². The minimum Gasteiger partial charge on any atom is -0.387 e. The lowest BCUT2D eigenvalue weighted by Gasteiger charge is -2.33. The predicted octanol–water partition coefficient (Wildman–Crippen LogP) is 1.59. The Morgan fingerprint density at radius 1 is 1.33 bits per heavy atom. The van der Waals surface area contributed by atoms with Crippen LogP contribution in [0.4, 0.5) is 0 Å².